The first kappa shape index (κ1) is 11.6. The molecule has 0 saturated heterocycles. The molecule has 6 heteroatoms. The molecule has 4 saturated carbocycles. The quantitative estimate of drug-likeness (QED) is 0.563. The van der Waals surface area contributed by atoms with E-state index >= 15 is 0 Å². The second-order valence-corrected chi connectivity index (χ2v) is 9.91. The summed E-state index contributed by atoms with van der Waals surface area (Å²) in [6, 6.07) is 0. The predicted octanol–water partition coefficient (Wildman–Crippen LogP) is 4.65. The lowest BCUT2D eigenvalue weighted by molar-refractivity contribution is 0.569. The van der Waals surface area contributed by atoms with Crippen LogP contribution in [0.2, 0.25) is 0 Å². The standard InChI is InChI=1S/C10H8Cl6/c11-8(12)2-1-3-5(9(3,13)14)7-6(4(2)8)10(7,15)16/h2-7H,1H2/t2-,3-,4-,5+,6-,7-/m1/s1. The van der Waals surface area contributed by atoms with Crippen LogP contribution >= 0.6 is 69.6 Å². The van der Waals surface area contributed by atoms with Gasteiger partial charge in [-0.3, -0.25) is 0 Å². The predicted molar refractivity (Wildman–Crippen MR) is 68.9 cm³/mol. The van der Waals surface area contributed by atoms with Crippen molar-refractivity contribution in [3.8, 4) is 0 Å². The van der Waals surface area contributed by atoms with Crippen LogP contribution in [-0.4, -0.2) is 13.0 Å². The van der Waals surface area contributed by atoms with E-state index in [-0.39, 0.29) is 35.5 Å². The fraction of sp³-hybridized carbons (Fsp3) is 1.00. The maximum absolute atomic E-state index is 6.31. The van der Waals surface area contributed by atoms with Crippen LogP contribution < -0.4 is 0 Å². The summed E-state index contributed by atoms with van der Waals surface area (Å²) >= 11 is 37.7. The molecule has 0 spiro atoms. The first-order chi connectivity index (χ1) is 7.22. The maximum Gasteiger partial charge on any atom is 0.125 e. The van der Waals surface area contributed by atoms with E-state index in [0.717, 1.165) is 6.42 Å². The average molecular weight is 341 g/mol. The molecular weight excluding hydrogens is 333 g/mol. The molecule has 90 valence electrons. The summed E-state index contributed by atoms with van der Waals surface area (Å²) in [5.74, 6) is 1.32. The highest BCUT2D eigenvalue weighted by atomic mass is 35.5. The largest absolute Gasteiger partial charge is 0.125 e. The summed E-state index contributed by atoms with van der Waals surface area (Å²) in [4.78, 5) is 0. The second-order valence-electron chi connectivity index (χ2n) is 5.58. The van der Waals surface area contributed by atoms with E-state index in [9.17, 15) is 0 Å². The lowest BCUT2D eigenvalue weighted by atomic mass is 10.1. The Hall–Kier alpha value is 1.74. The van der Waals surface area contributed by atoms with Crippen LogP contribution in [0, 0.1) is 35.5 Å². The van der Waals surface area contributed by atoms with E-state index in [1.165, 1.54) is 0 Å². The smallest absolute Gasteiger partial charge is 0.101 e. The summed E-state index contributed by atoms with van der Waals surface area (Å²) < 4.78 is -2.04. The number of rotatable bonds is 0. The molecule has 6 atom stereocenters. The molecule has 0 N–H and O–H groups in total. The Bertz CT molecular complexity index is 355. The fourth-order valence-corrected chi connectivity index (χ4v) is 6.75. The summed E-state index contributed by atoms with van der Waals surface area (Å²) in [7, 11) is 0. The van der Waals surface area contributed by atoms with Gasteiger partial charge in [0.25, 0.3) is 0 Å². The van der Waals surface area contributed by atoms with Crippen LogP contribution in [0.4, 0.5) is 0 Å². The third kappa shape index (κ3) is 1.10. The van der Waals surface area contributed by atoms with E-state index in [1.54, 1.807) is 0 Å². The molecule has 0 aliphatic heterocycles. The van der Waals surface area contributed by atoms with Gasteiger partial charge in [-0.2, -0.15) is 0 Å². The summed E-state index contributed by atoms with van der Waals surface area (Å²) in [5.41, 5.74) is 0. The molecule has 0 heterocycles. The minimum Gasteiger partial charge on any atom is -0.101 e. The number of halogens is 6. The van der Waals surface area contributed by atoms with Gasteiger partial charge in [-0.15, -0.1) is 69.6 Å². The highest BCUT2D eigenvalue weighted by Gasteiger charge is 2.88. The zero-order valence-electron chi connectivity index (χ0n) is 7.94. The van der Waals surface area contributed by atoms with Crippen molar-refractivity contribution >= 4 is 69.6 Å². The Morgan fingerprint density at radius 1 is 0.562 bits per heavy atom. The summed E-state index contributed by atoms with van der Waals surface area (Å²) in [6.45, 7) is 0. The monoisotopic (exact) mass is 338 g/mol. The zero-order chi connectivity index (χ0) is 11.7. The first-order valence-corrected chi connectivity index (χ1v) is 7.62. The van der Waals surface area contributed by atoms with Gasteiger partial charge in [0.1, 0.15) is 13.0 Å². The molecule has 0 aromatic heterocycles. The molecule has 0 aromatic carbocycles. The van der Waals surface area contributed by atoms with Crippen molar-refractivity contribution in [1.29, 1.82) is 0 Å². The molecule has 0 aromatic rings. The van der Waals surface area contributed by atoms with Crippen molar-refractivity contribution in [3.63, 3.8) is 0 Å². The molecular formula is C10H8Cl6. The molecule has 4 rings (SSSR count). The molecule has 16 heavy (non-hydrogen) atoms. The minimum absolute atomic E-state index is 0.171. The van der Waals surface area contributed by atoms with Gasteiger partial charge in [0.2, 0.25) is 0 Å². The van der Waals surface area contributed by atoms with E-state index in [2.05, 4.69) is 0 Å². The highest BCUT2D eigenvalue weighted by Crippen LogP contribution is 2.87. The van der Waals surface area contributed by atoms with Gasteiger partial charge in [-0.1, -0.05) is 0 Å². The average Bonchev–Trinajstić information content (AvgIpc) is 2.96. The zero-order valence-corrected chi connectivity index (χ0v) is 12.5. The number of hydrogen-bond donors (Lipinski definition) is 0. The van der Waals surface area contributed by atoms with Crippen molar-refractivity contribution in [2.75, 3.05) is 0 Å². The van der Waals surface area contributed by atoms with Gasteiger partial charge in [-0.05, 0) is 18.3 Å². The van der Waals surface area contributed by atoms with Gasteiger partial charge in [0.15, 0.2) is 0 Å². The Morgan fingerprint density at radius 3 is 1.31 bits per heavy atom. The Morgan fingerprint density at radius 2 is 0.938 bits per heavy atom. The van der Waals surface area contributed by atoms with Gasteiger partial charge in [0, 0.05) is 23.7 Å². The number of hydrogen-bond acceptors (Lipinski definition) is 0. The van der Waals surface area contributed by atoms with Crippen molar-refractivity contribution < 1.29 is 0 Å². The Kier molecular flexibility index (Phi) is 2.00. The van der Waals surface area contributed by atoms with Crippen LogP contribution in [0.1, 0.15) is 6.42 Å². The van der Waals surface area contributed by atoms with Crippen LogP contribution in [-0.2, 0) is 0 Å². The fourth-order valence-electron chi connectivity index (χ4n) is 3.99. The van der Waals surface area contributed by atoms with Gasteiger partial charge in [0.05, 0.1) is 0 Å². The van der Waals surface area contributed by atoms with Gasteiger partial charge < -0.3 is 0 Å². The van der Waals surface area contributed by atoms with Gasteiger partial charge >= 0.3 is 0 Å². The minimum atomic E-state index is -0.719. The van der Waals surface area contributed by atoms with Crippen molar-refractivity contribution in [2.45, 2.75) is 19.4 Å². The van der Waals surface area contributed by atoms with Crippen LogP contribution in [0.5, 0.6) is 0 Å². The molecule has 0 amide bonds. The molecule has 4 fully saturated rings. The third-order valence-electron chi connectivity index (χ3n) is 4.97. The Balaban J connectivity index is 1.73. The molecule has 0 radical (unpaired) electrons. The Labute approximate surface area is 124 Å². The highest BCUT2D eigenvalue weighted by molar-refractivity contribution is 6.55. The van der Waals surface area contributed by atoms with E-state index in [0.29, 0.717) is 0 Å². The molecule has 0 unspecified atom stereocenters. The van der Waals surface area contributed by atoms with Crippen molar-refractivity contribution in [2.24, 2.45) is 35.5 Å². The SMILES string of the molecule is ClC1(Cl)[C@H]2[C@H]1[C@H]1[C@@H](C[C@@H]3[C@@H]2C3(Cl)Cl)C1(Cl)Cl. The lowest BCUT2D eigenvalue weighted by Crippen LogP contribution is -1.98. The normalized spacial score (nSPS) is 61.1. The van der Waals surface area contributed by atoms with Crippen molar-refractivity contribution in [1.82, 2.24) is 0 Å². The lowest BCUT2D eigenvalue weighted by Gasteiger charge is -1.99. The van der Waals surface area contributed by atoms with Crippen LogP contribution in [0.15, 0.2) is 0 Å². The van der Waals surface area contributed by atoms with Crippen molar-refractivity contribution in [3.05, 3.63) is 0 Å². The van der Waals surface area contributed by atoms with E-state index in [4.69, 9.17) is 69.6 Å². The summed E-state index contributed by atoms with van der Waals surface area (Å²) in [5, 5.41) is 0. The molecule has 0 nitrogen and oxygen atoms in total. The first-order valence-electron chi connectivity index (χ1n) is 5.35. The van der Waals surface area contributed by atoms with E-state index in [1.807, 2.05) is 0 Å². The molecule has 0 bridgehead atoms. The summed E-state index contributed by atoms with van der Waals surface area (Å²) in [6.07, 6.45) is 0.909. The number of fused-ring (bicyclic) bond motifs is 5. The van der Waals surface area contributed by atoms with E-state index < -0.39 is 13.0 Å². The number of alkyl halides is 6. The molecule has 4 aliphatic carbocycles. The van der Waals surface area contributed by atoms with Gasteiger partial charge in [-0.25, -0.2) is 0 Å². The molecule has 4 aliphatic rings. The van der Waals surface area contributed by atoms with Crippen LogP contribution in [0.3, 0.4) is 0 Å². The second kappa shape index (κ2) is 2.76. The maximum atomic E-state index is 6.31. The third-order valence-corrected chi connectivity index (χ3v) is 8.11. The topological polar surface area (TPSA) is 0 Å². The van der Waals surface area contributed by atoms with Crippen LogP contribution in [0.25, 0.3) is 0 Å².